The van der Waals surface area contributed by atoms with E-state index < -0.39 is 81.8 Å². The Balaban J connectivity index is 2.54. The van der Waals surface area contributed by atoms with Crippen molar-refractivity contribution in [3.05, 3.63) is 72.9 Å². The smallest absolute Gasteiger partial charge is 0.462 e. The summed E-state index contributed by atoms with van der Waals surface area (Å²) < 4.78 is 33.4. The Morgan fingerprint density at radius 2 is 1.08 bits per heavy atom. The van der Waals surface area contributed by atoms with Crippen LogP contribution in [0.5, 0.6) is 0 Å². The summed E-state index contributed by atoms with van der Waals surface area (Å²) in [5, 5.41) is 60.5. The molecule has 1 fully saturated rings. The summed E-state index contributed by atoms with van der Waals surface area (Å²) in [4.78, 5) is 35.8. The lowest BCUT2D eigenvalue weighted by Crippen LogP contribution is -2.64. The van der Waals surface area contributed by atoms with Crippen LogP contribution < -0.4 is 0 Å². The van der Waals surface area contributed by atoms with Gasteiger partial charge in [0.15, 0.2) is 6.10 Å². The number of hydrogen-bond acceptors (Lipinski definition) is 13. The first-order valence-corrected chi connectivity index (χ1v) is 25.3. The van der Waals surface area contributed by atoms with Crippen LogP contribution in [-0.4, -0.2) is 110 Å². The van der Waals surface area contributed by atoms with Gasteiger partial charge in [0.05, 0.1) is 12.7 Å². The third kappa shape index (κ3) is 30.5. The topological polar surface area (TPSA) is 230 Å². The molecule has 1 aliphatic carbocycles. The van der Waals surface area contributed by atoms with Crippen molar-refractivity contribution in [2.24, 2.45) is 0 Å². The molecule has 0 aliphatic heterocycles. The maximum atomic E-state index is 12.8. The zero-order valence-corrected chi connectivity index (χ0v) is 39.6. The minimum atomic E-state index is -5.18. The van der Waals surface area contributed by atoms with Gasteiger partial charge in [-0.3, -0.25) is 18.6 Å². The average molecular weight is 927 g/mol. The van der Waals surface area contributed by atoms with Gasteiger partial charge in [0, 0.05) is 12.8 Å². The highest BCUT2D eigenvalue weighted by atomic mass is 31.2. The van der Waals surface area contributed by atoms with Crippen LogP contribution in [-0.2, 0) is 32.7 Å². The van der Waals surface area contributed by atoms with E-state index in [-0.39, 0.29) is 25.7 Å². The van der Waals surface area contributed by atoms with Gasteiger partial charge in [-0.25, -0.2) is 4.57 Å². The number of hydrogen-bond donors (Lipinski definition) is 7. The van der Waals surface area contributed by atoms with Gasteiger partial charge in [0.1, 0.15) is 43.2 Å². The second-order valence-electron chi connectivity index (χ2n) is 16.4. The Morgan fingerprint density at radius 1 is 0.578 bits per heavy atom. The van der Waals surface area contributed by atoms with Crippen molar-refractivity contribution in [3.63, 3.8) is 0 Å². The van der Waals surface area contributed by atoms with Crippen molar-refractivity contribution < 1.29 is 68.2 Å². The second kappa shape index (κ2) is 38.4. The van der Waals surface area contributed by atoms with Crippen molar-refractivity contribution in [2.45, 2.75) is 210 Å². The molecule has 1 aliphatic rings. The van der Waals surface area contributed by atoms with Crippen LogP contribution in [0.15, 0.2) is 72.9 Å². The number of esters is 2. The van der Waals surface area contributed by atoms with Gasteiger partial charge in [-0.15, -0.1) is 0 Å². The Labute approximate surface area is 383 Å². The molecule has 0 amide bonds. The molecule has 0 saturated heterocycles. The van der Waals surface area contributed by atoms with Gasteiger partial charge in [-0.1, -0.05) is 151 Å². The number of rotatable bonds is 38. The Hall–Kier alpha value is -2.75. The fourth-order valence-electron chi connectivity index (χ4n) is 6.78. The molecule has 0 aromatic heterocycles. The molecule has 1 saturated carbocycles. The van der Waals surface area contributed by atoms with Crippen LogP contribution in [0.3, 0.4) is 0 Å². The SMILES string of the molecule is CC/C=C\C/C=C\C/C=C\C/C=C\C=C\C(O)CCCC(=O)O[C@H](COC(=O)CCCCCCCCC/C=C\CCCCCCCC)COP(=O)(O)OC1[C@H](O)[C@H](O)C(O)[C@H](O)[C@H]1O. The fraction of sp³-hybridized carbons (Fsp3) is 0.714. The monoisotopic (exact) mass is 927 g/mol. The molecular formula is C49H83O14P. The molecule has 64 heavy (non-hydrogen) atoms. The first-order valence-electron chi connectivity index (χ1n) is 23.8. The van der Waals surface area contributed by atoms with Gasteiger partial charge in [0.25, 0.3) is 0 Å². The van der Waals surface area contributed by atoms with E-state index in [1.807, 2.05) is 12.2 Å². The molecule has 9 atom stereocenters. The Kier molecular flexibility index (Phi) is 35.5. The third-order valence-corrected chi connectivity index (χ3v) is 11.6. The first-order chi connectivity index (χ1) is 30.8. The van der Waals surface area contributed by atoms with Gasteiger partial charge < -0.3 is 45.0 Å². The van der Waals surface area contributed by atoms with E-state index in [9.17, 15) is 49.7 Å². The molecule has 0 heterocycles. The number of ether oxygens (including phenoxy) is 2. The molecule has 4 unspecified atom stereocenters. The lowest BCUT2D eigenvalue weighted by Gasteiger charge is -2.41. The number of allylic oxidation sites excluding steroid dienone is 11. The summed E-state index contributed by atoms with van der Waals surface area (Å²) >= 11 is 0. The highest BCUT2D eigenvalue weighted by molar-refractivity contribution is 7.47. The van der Waals surface area contributed by atoms with Crippen molar-refractivity contribution >= 4 is 19.8 Å². The van der Waals surface area contributed by atoms with Crippen molar-refractivity contribution in [3.8, 4) is 0 Å². The molecule has 14 nitrogen and oxygen atoms in total. The van der Waals surface area contributed by atoms with Gasteiger partial charge in [-0.05, 0) is 70.6 Å². The summed E-state index contributed by atoms with van der Waals surface area (Å²) in [6.07, 6.45) is 31.1. The number of unbranched alkanes of at least 4 members (excludes halogenated alkanes) is 13. The van der Waals surface area contributed by atoms with E-state index in [2.05, 4.69) is 62.5 Å². The van der Waals surface area contributed by atoms with E-state index >= 15 is 0 Å². The van der Waals surface area contributed by atoms with E-state index in [1.54, 1.807) is 12.2 Å². The number of phosphoric ester groups is 1. The van der Waals surface area contributed by atoms with E-state index in [0.29, 0.717) is 6.42 Å². The van der Waals surface area contributed by atoms with Crippen LogP contribution in [0.2, 0.25) is 0 Å². The van der Waals surface area contributed by atoms with Crippen molar-refractivity contribution in [1.82, 2.24) is 0 Å². The van der Waals surface area contributed by atoms with Gasteiger partial charge in [0.2, 0.25) is 0 Å². The summed E-state index contributed by atoms with van der Waals surface area (Å²) in [6, 6.07) is 0. The van der Waals surface area contributed by atoms with Crippen molar-refractivity contribution in [2.75, 3.05) is 13.2 Å². The van der Waals surface area contributed by atoms with E-state index in [1.165, 1.54) is 44.9 Å². The molecule has 0 radical (unpaired) electrons. The van der Waals surface area contributed by atoms with E-state index in [4.69, 9.17) is 18.5 Å². The van der Waals surface area contributed by atoms with Crippen LogP contribution in [0.25, 0.3) is 0 Å². The molecule has 0 aromatic carbocycles. The summed E-state index contributed by atoms with van der Waals surface area (Å²) in [6.45, 7) is 3.01. The summed E-state index contributed by atoms with van der Waals surface area (Å²) in [5.74, 6) is -1.31. The predicted octanol–water partition coefficient (Wildman–Crippen LogP) is 8.47. The molecule has 1 rings (SSSR count). The zero-order chi connectivity index (χ0) is 47.3. The Bertz CT molecular complexity index is 1410. The first kappa shape index (κ1) is 59.3. The lowest BCUT2D eigenvalue weighted by atomic mass is 9.85. The van der Waals surface area contributed by atoms with Crippen LogP contribution in [0.1, 0.15) is 162 Å². The number of phosphoric acid groups is 1. The maximum Gasteiger partial charge on any atom is 0.472 e. The largest absolute Gasteiger partial charge is 0.472 e. The molecular weight excluding hydrogens is 843 g/mol. The normalized spacial score (nSPS) is 22.7. The van der Waals surface area contributed by atoms with Crippen molar-refractivity contribution in [1.29, 1.82) is 0 Å². The van der Waals surface area contributed by atoms with E-state index in [0.717, 1.165) is 70.6 Å². The second-order valence-corrected chi connectivity index (χ2v) is 17.8. The summed E-state index contributed by atoms with van der Waals surface area (Å²) in [7, 11) is -5.18. The van der Waals surface area contributed by atoms with Crippen LogP contribution >= 0.6 is 7.82 Å². The van der Waals surface area contributed by atoms with Gasteiger partial charge >= 0.3 is 19.8 Å². The lowest BCUT2D eigenvalue weighted by molar-refractivity contribution is -0.220. The average Bonchev–Trinajstić information content (AvgIpc) is 3.27. The zero-order valence-electron chi connectivity index (χ0n) is 38.7. The molecule has 0 spiro atoms. The minimum absolute atomic E-state index is 0.118. The molecule has 0 aromatic rings. The van der Waals surface area contributed by atoms with Gasteiger partial charge in [-0.2, -0.15) is 0 Å². The summed E-state index contributed by atoms with van der Waals surface area (Å²) in [5.41, 5.74) is 0. The fourth-order valence-corrected chi connectivity index (χ4v) is 7.75. The number of carbonyl (C=O) groups is 2. The highest BCUT2D eigenvalue weighted by Crippen LogP contribution is 2.47. The predicted molar refractivity (Wildman–Crippen MR) is 250 cm³/mol. The Morgan fingerprint density at radius 3 is 1.66 bits per heavy atom. The minimum Gasteiger partial charge on any atom is -0.462 e. The van der Waals surface area contributed by atoms with Crippen LogP contribution in [0, 0.1) is 0 Å². The maximum absolute atomic E-state index is 12.8. The third-order valence-electron chi connectivity index (χ3n) is 10.6. The number of carbonyl (C=O) groups excluding carboxylic acids is 2. The standard InChI is InChI=1S/C49H83O14P/c1-3-5-7-9-11-13-15-17-18-19-20-22-24-26-28-30-32-36-42(51)60-38-41(39-61-64(58,59)63-49-47(56)45(54)44(53)46(55)48(49)57)62-43(52)37-33-35-40(50)34-31-29-27-25-23-21-16-14-12-10-8-6-4-2/h6,8,12,14,17-18,21,23,27,29,31,34,40-41,44-50,53-57H,3-5,7,9-11,13,15-16,19-20,22,24-26,28,30,32-33,35-39H2,1-2H3,(H,58,59)/b8-6-,14-12-,18-17-,23-21-,29-27-,34-31+/t40?,41-,44?,45-,46+,47-,48-,49?/m1/s1. The molecule has 0 bridgehead atoms. The highest BCUT2D eigenvalue weighted by Gasteiger charge is 2.51. The molecule has 368 valence electrons. The van der Waals surface area contributed by atoms with Crippen LogP contribution in [0.4, 0.5) is 0 Å². The molecule has 15 heteroatoms. The number of aliphatic hydroxyl groups excluding tert-OH is 6. The number of aliphatic hydroxyl groups is 6. The quantitative estimate of drug-likeness (QED) is 0.0101. The molecule has 7 N–H and O–H groups in total.